The van der Waals surface area contributed by atoms with Gasteiger partial charge in [0.2, 0.25) is 0 Å². The van der Waals surface area contributed by atoms with Crippen molar-refractivity contribution in [3.63, 3.8) is 0 Å². The van der Waals surface area contributed by atoms with Crippen LogP contribution in [0.25, 0.3) is 11.4 Å². The summed E-state index contributed by atoms with van der Waals surface area (Å²) < 4.78 is 7.31. The van der Waals surface area contributed by atoms with Gasteiger partial charge >= 0.3 is 0 Å². The summed E-state index contributed by atoms with van der Waals surface area (Å²) in [6.07, 6.45) is 2.85. The van der Waals surface area contributed by atoms with Crippen molar-refractivity contribution >= 4 is 11.8 Å². The molecule has 3 rings (SSSR count). The molecule has 3 aromatic rings. The van der Waals surface area contributed by atoms with Crippen LogP contribution in [0.4, 0.5) is 0 Å². The highest BCUT2D eigenvalue weighted by Crippen LogP contribution is 2.24. The van der Waals surface area contributed by atoms with E-state index in [2.05, 4.69) is 45.6 Å². The molecule has 25 heavy (non-hydrogen) atoms. The van der Waals surface area contributed by atoms with Crippen molar-refractivity contribution < 1.29 is 4.74 Å². The van der Waals surface area contributed by atoms with Crippen molar-refractivity contribution in [2.45, 2.75) is 18.1 Å². The van der Waals surface area contributed by atoms with Gasteiger partial charge < -0.3 is 4.74 Å². The van der Waals surface area contributed by atoms with E-state index in [1.165, 1.54) is 5.56 Å². The Hall–Kier alpha value is -2.53. The smallest absolute Gasteiger partial charge is 0.191 e. The van der Waals surface area contributed by atoms with E-state index in [4.69, 9.17) is 4.74 Å². The highest BCUT2D eigenvalue weighted by Gasteiger charge is 2.13. The summed E-state index contributed by atoms with van der Waals surface area (Å²) in [6, 6.07) is 18.3. The third-order valence-electron chi connectivity index (χ3n) is 3.84. The lowest BCUT2D eigenvalue weighted by atomic mass is 10.2. The number of hydrogen-bond acceptors (Lipinski definition) is 4. The Morgan fingerprint density at radius 3 is 2.52 bits per heavy atom. The minimum atomic E-state index is 0.697. The fourth-order valence-electron chi connectivity index (χ4n) is 2.54. The first-order chi connectivity index (χ1) is 12.3. The van der Waals surface area contributed by atoms with Gasteiger partial charge in [-0.2, -0.15) is 0 Å². The standard InChI is InChI=1S/C20H21N3OS/c1-3-14-23-19(17-7-5-4-6-8-17)21-22-20(23)25-15-13-16-9-11-18(24-2)12-10-16/h3-12H,1,13-15H2,2H3. The summed E-state index contributed by atoms with van der Waals surface area (Å²) in [5, 5.41) is 9.68. The van der Waals surface area contributed by atoms with E-state index in [0.717, 1.165) is 34.5 Å². The van der Waals surface area contributed by atoms with E-state index in [1.807, 2.05) is 36.4 Å². The molecule has 0 saturated heterocycles. The maximum absolute atomic E-state index is 5.19. The molecular weight excluding hydrogens is 330 g/mol. The van der Waals surface area contributed by atoms with Gasteiger partial charge in [0.05, 0.1) is 7.11 Å². The summed E-state index contributed by atoms with van der Waals surface area (Å²) in [6.45, 7) is 4.55. The Labute approximate surface area is 152 Å². The van der Waals surface area contributed by atoms with E-state index in [-0.39, 0.29) is 0 Å². The summed E-state index contributed by atoms with van der Waals surface area (Å²) in [4.78, 5) is 0. The van der Waals surface area contributed by atoms with Crippen molar-refractivity contribution in [2.24, 2.45) is 0 Å². The first kappa shape index (κ1) is 17.3. The first-order valence-corrected chi connectivity index (χ1v) is 9.15. The van der Waals surface area contributed by atoms with Crippen LogP contribution < -0.4 is 4.74 Å². The Morgan fingerprint density at radius 2 is 1.84 bits per heavy atom. The van der Waals surface area contributed by atoms with Crippen molar-refractivity contribution in [3.8, 4) is 17.1 Å². The maximum atomic E-state index is 5.19. The third-order valence-corrected chi connectivity index (χ3v) is 4.81. The Balaban J connectivity index is 1.69. The van der Waals surface area contributed by atoms with Crippen LogP contribution in [-0.4, -0.2) is 27.6 Å². The van der Waals surface area contributed by atoms with Crippen LogP contribution in [0.3, 0.4) is 0 Å². The molecule has 0 amide bonds. The minimum absolute atomic E-state index is 0.697. The Morgan fingerprint density at radius 1 is 1.08 bits per heavy atom. The van der Waals surface area contributed by atoms with Gasteiger partial charge in [0.25, 0.3) is 0 Å². The maximum Gasteiger partial charge on any atom is 0.191 e. The molecular formula is C20H21N3OS. The van der Waals surface area contributed by atoms with E-state index >= 15 is 0 Å². The van der Waals surface area contributed by atoms with Crippen LogP contribution in [0.5, 0.6) is 5.75 Å². The number of methoxy groups -OCH3 is 1. The quantitative estimate of drug-likeness (QED) is 0.443. The van der Waals surface area contributed by atoms with Gasteiger partial charge in [-0.1, -0.05) is 60.3 Å². The molecule has 1 aromatic heterocycles. The van der Waals surface area contributed by atoms with Crippen LogP contribution in [0.15, 0.2) is 72.4 Å². The zero-order chi connectivity index (χ0) is 17.5. The lowest BCUT2D eigenvalue weighted by Crippen LogP contribution is -2.01. The van der Waals surface area contributed by atoms with Gasteiger partial charge in [-0.3, -0.25) is 4.57 Å². The molecule has 5 heteroatoms. The Bertz CT molecular complexity index is 813. The van der Waals surface area contributed by atoms with Crippen molar-refractivity contribution in [3.05, 3.63) is 72.8 Å². The Kier molecular flexibility index (Phi) is 5.90. The van der Waals surface area contributed by atoms with Crippen LogP contribution in [-0.2, 0) is 13.0 Å². The second-order valence-electron chi connectivity index (χ2n) is 5.52. The zero-order valence-electron chi connectivity index (χ0n) is 14.3. The van der Waals surface area contributed by atoms with Crippen LogP contribution in [0.1, 0.15) is 5.56 Å². The highest BCUT2D eigenvalue weighted by molar-refractivity contribution is 7.99. The van der Waals surface area contributed by atoms with Gasteiger partial charge in [0.15, 0.2) is 11.0 Å². The number of rotatable bonds is 8. The molecule has 0 aliphatic rings. The molecule has 0 saturated carbocycles. The topological polar surface area (TPSA) is 39.9 Å². The summed E-state index contributed by atoms with van der Waals surface area (Å²) in [5.74, 6) is 2.71. The van der Waals surface area contributed by atoms with Gasteiger partial charge in [-0.25, -0.2) is 0 Å². The number of ether oxygens (including phenoxy) is 1. The molecule has 4 nitrogen and oxygen atoms in total. The first-order valence-electron chi connectivity index (χ1n) is 8.17. The van der Waals surface area contributed by atoms with Crippen LogP contribution in [0, 0.1) is 0 Å². The average molecular weight is 351 g/mol. The second-order valence-corrected chi connectivity index (χ2v) is 6.58. The highest BCUT2D eigenvalue weighted by atomic mass is 32.2. The lowest BCUT2D eigenvalue weighted by Gasteiger charge is -2.08. The van der Waals surface area contributed by atoms with Gasteiger partial charge in [0, 0.05) is 17.9 Å². The number of allylic oxidation sites excluding steroid dienone is 1. The molecule has 0 aliphatic carbocycles. The van der Waals surface area contributed by atoms with Gasteiger partial charge in [0.1, 0.15) is 5.75 Å². The number of aryl methyl sites for hydroxylation is 1. The van der Waals surface area contributed by atoms with E-state index in [1.54, 1.807) is 18.9 Å². The van der Waals surface area contributed by atoms with Crippen molar-refractivity contribution in [2.75, 3.05) is 12.9 Å². The average Bonchev–Trinajstić information content (AvgIpc) is 3.06. The van der Waals surface area contributed by atoms with Crippen molar-refractivity contribution in [1.82, 2.24) is 14.8 Å². The molecule has 0 aliphatic heterocycles. The normalized spacial score (nSPS) is 10.6. The van der Waals surface area contributed by atoms with Crippen LogP contribution >= 0.6 is 11.8 Å². The van der Waals surface area contributed by atoms with E-state index in [0.29, 0.717) is 6.54 Å². The fraction of sp³-hybridized carbons (Fsp3) is 0.200. The van der Waals surface area contributed by atoms with Crippen molar-refractivity contribution in [1.29, 1.82) is 0 Å². The molecule has 1 heterocycles. The lowest BCUT2D eigenvalue weighted by molar-refractivity contribution is 0.414. The predicted octanol–water partition coefficient (Wildman–Crippen LogP) is 4.47. The molecule has 0 radical (unpaired) electrons. The SMILES string of the molecule is C=CCn1c(SCCc2ccc(OC)cc2)nnc1-c1ccccc1. The largest absolute Gasteiger partial charge is 0.497 e. The summed E-state index contributed by atoms with van der Waals surface area (Å²) in [7, 11) is 1.68. The molecule has 0 spiro atoms. The summed E-state index contributed by atoms with van der Waals surface area (Å²) >= 11 is 1.72. The van der Waals surface area contributed by atoms with Gasteiger partial charge in [-0.05, 0) is 24.1 Å². The third kappa shape index (κ3) is 4.31. The molecule has 128 valence electrons. The molecule has 0 N–H and O–H groups in total. The fourth-order valence-corrected chi connectivity index (χ4v) is 3.48. The van der Waals surface area contributed by atoms with E-state index in [9.17, 15) is 0 Å². The van der Waals surface area contributed by atoms with Gasteiger partial charge in [-0.15, -0.1) is 16.8 Å². The predicted molar refractivity (Wildman–Crippen MR) is 103 cm³/mol. The number of aromatic nitrogens is 3. The number of hydrogen-bond donors (Lipinski definition) is 0. The molecule has 0 bridgehead atoms. The monoisotopic (exact) mass is 351 g/mol. The zero-order valence-corrected chi connectivity index (χ0v) is 15.1. The number of thioether (sulfide) groups is 1. The van der Waals surface area contributed by atoms with E-state index < -0.39 is 0 Å². The molecule has 2 aromatic carbocycles. The number of nitrogens with zero attached hydrogens (tertiary/aromatic N) is 3. The van der Waals surface area contributed by atoms with Crippen LogP contribution in [0.2, 0.25) is 0 Å². The minimum Gasteiger partial charge on any atom is -0.497 e. The second kappa shape index (κ2) is 8.53. The summed E-state index contributed by atoms with van der Waals surface area (Å²) in [5.41, 5.74) is 2.35. The number of benzene rings is 2. The molecule has 0 unspecified atom stereocenters. The molecule has 0 atom stereocenters. The molecule has 0 fully saturated rings.